The number of nitrogens with zero attached hydrogens (tertiary/aromatic N) is 3. The largest absolute Gasteiger partial charge is 1.00 e. The van der Waals surface area contributed by atoms with Gasteiger partial charge in [-0.05, 0) is 228 Å². The number of ketones is 2. The van der Waals surface area contributed by atoms with Crippen molar-refractivity contribution in [3.63, 3.8) is 0 Å². The van der Waals surface area contributed by atoms with E-state index in [1.807, 2.05) is 79.4 Å². The van der Waals surface area contributed by atoms with Gasteiger partial charge in [0.1, 0.15) is 28.0 Å². The molecule has 14 atom stereocenters. The molecule has 2 aromatic carbocycles. The van der Waals surface area contributed by atoms with Crippen LogP contribution in [0.25, 0.3) is 16.0 Å². The van der Waals surface area contributed by atoms with E-state index < -0.39 is 31.9 Å². The Morgan fingerprint density at radius 2 is 0.963 bits per heavy atom. The van der Waals surface area contributed by atoms with Crippen LogP contribution >= 0.6 is 22.6 Å². The van der Waals surface area contributed by atoms with E-state index in [0.717, 1.165) is 148 Å². The van der Waals surface area contributed by atoms with Crippen molar-refractivity contribution in [3.8, 4) is 0 Å². The van der Waals surface area contributed by atoms with Crippen molar-refractivity contribution in [3.05, 3.63) is 107 Å². The van der Waals surface area contributed by atoms with Crippen molar-refractivity contribution < 1.29 is 206 Å². The molecule has 602 valence electrons. The van der Waals surface area contributed by atoms with Gasteiger partial charge in [0.25, 0.3) is 10.1 Å². The van der Waals surface area contributed by atoms with E-state index in [1.54, 1.807) is 0 Å². The fourth-order valence-electron chi connectivity index (χ4n) is 20.2. The minimum Gasteiger partial charge on any atom is -0.870 e. The average molecular weight is 1730 g/mol. The van der Waals surface area contributed by atoms with Crippen molar-refractivity contribution in [1.82, 2.24) is 5.32 Å². The van der Waals surface area contributed by atoms with Gasteiger partial charge >= 0.3 is 150 Å². The number of carbonyl (C=O) groups excluding carboxylic acids is 3. The number of Topliss-reactive ketones (excluding diaryl/α,β-unsaturated/α-hetero) is 2. The maximum Gasteiger partial charge on any atom is 1.00 e. The summed E-state index contributed by atoms with van der Waals surface area (Å²) in [7, 11) is -4.86. The number of carboxylic acids is 2. The number of halogens is 1. The van der Waals surface area contributed by atoms with Crippen LogP contribution in [0.1, 0.15) is 242 Å². The molecule has 0 radical (unpaired) electrons. The number of alkyl carbamates (subject to hydrolysis) is 1. The van der Waals surface area contributed by atoms with Gasteiger partial charge in [0.2, 0.25) is 0 Å². The van der Waals surface area contributed by atoms with Gasteiger partial charge in [-0.15, -0.1) is 0 Å². The molecule has 0 aliphatic heterocycles. The molecule has 18 rings (SSSR count). The summed E-state index contributed by atoms with van der Waals surface area (Å²) in [5.41, 5.74) is 21.4. The summed E-state index contributed by atoms with van der Waals surface area (Å²) >= 11 is 2.15. The fraction of sp³-hybridized carbons (Fsp3) is 0.756. The monoisotopic (exact) mass is 1720 g/mol. The van der Waals surface area contributed by atoms with Crippen molar-refractivity contribution >= 4 is 72.1 Å². The molecule has 16 aliphatic carbocycles. The van der Waals surface area contributed by atoms with Crippen LogP contribution in [0.5, 0.6) is 0 Å². The number of benzene rings is 2. The Hall–Kier alpha value is -0.217. The average Bonchev–Trinajstić information content (AvgIpc) is 0.747. The summed E-state index contributed by atoms with van der Waals surface area (Å²) in [6.45, 7) is 4.49. The van der Waals surface area contributed by atoms with E-state index in [0.29, 0.717) is 54.1 Å². The molecule has 108 heavy (non-hydrogen) atoms. The van der Waals surface area contributed by atoms with Gasteiger partial charge < -0.3 is 55.1 Å². The number of allylic oxidation sites excluding steroid dienone is 2. The molecule has 15 fully saturated rings. The number of aliphatic hydroxyl groups is 1. The number of hydrogen-bond acceptors (Lipinski definition) is 14. The second-order valence-electron chi connectivity index (χ2n) is 32.0. The number of carboxylic acid groups (broad SMARTS) is 2. The molecule has 0 spiro atoms. The van der Waals surface area contributed by atoms with Gasteiger partial charge in [-0.25, -0.2) is 13.2 Å². The standard InChI is InChI=1S/C17H23NO2.C11H16O4S.C10H16O2.C10H14O2.C10H14O.C9H17N.C7H8O.C2H6O2S.C2H6.CH3I.2CH4.CH3.2K.N3.Na.H2O.H2/c19-17(20-12-13-5-2-1-3-6-13)18-16-10-14-7-4-8-15(9-14)11-16;1-16(13,14)15-11-8-3-6-2-7(5-8)10(12)9(11)4-6;2*11-10(12)9-5-7-2-1-3-8(4-7)6-9;11-10-8-2-6-1-7(4-8)5-9(10)3-6;10-9-5-7-2-1-3-8(4-7)6-9;8-6-7-4-2-1-3-5-7;1-5(2,3)4;2*1-2;;;;;;1-3-2;;;/h1-3,5-6,14-16H,4,7-12H2,(H,18,19);6-9,11H,2-5H2,1H3;7-9H,1-6H2,(H,11,12);1-2,7-9H,3-6H2,(H,11,12);6-9H,1-5H2;7-9H,1-6,10H2;1-5,8H,6H2;1-2H3;1-2H3;1H3;2*1H4;1H3;;;;;1H2;1H/q;;;;;;;;;;;;-1;2*+1;-1;+1;;/p-1/t;;;7?,8?,9-;;;;;;;;;;;;;;;/m...1.............../s1/i;;;;;;;;;;1D;;;;;;;;. The molecule has 16 bridgehead atoms. The SMILES string of the molecule is C.CC.CI.CS(=O)(=O)OC1C2CC3CC(C2)C(=O)C1C3.CS(C)(=O)=O.NC1CC2CCCC(C1)C2.O=C(NC1CC2CCCC(C2)C1)OCc1ccccc1.O=C(O)C1CC2CCCC(C2)C1.O=C(O)[C@@H]1CC2C=CCC(C2)C1.O=C1C2CC3CC(C2)CC1C3.OCc1ccccc1.[2H]C.[CH3-].[HH].[K+].[K+].[N-]=[N+]=[N-].[Na+].[OH-]. The third-order valence-corrected chi connectivity index (χ3v) is 24.3. The van der Waals surface area contributed by atoms with Crippen LogP contribution in [-0.4, -0.2) is 109 Å². The Bertz CT molecular complexity index is 3120. The van der Waals surface area contributed by atoms with E-state index in [1.165, 1.54) is 141 Å². The molecular formula is C82H137IK2N5NaO15S2. The third-order valence-electron chi connectivity index (χ3n) is 23.7. The van der Waals surface area contributed by atoms with Crippen molar-refractivity contribution in [2.75, 3.05) is 23.7 Å². The zero-order valence-electron chi connectivity index (χ0n) is 67.8. The van der Waals surface area contributed by atoms with Crippen LogP contribution in [0.2, 0.25) is 0 Å². The van der Waals surface area contributed by atoms with E-state index in [9.17, 15) is 40.8 Å². The summed E-state index contributed by atoms with van der Waals surface area (Å²) in [4.78, 5) is 60.5. The molecule has 0 saturated heterocycles. The summed E-state index contributed by atoms with van der Waals surface area (Å²) < 4.78 is 57.8. The predicted molar refractivity (Wildman–Crippen MR) is 430 cm³/mol. The molecule has 15 saturated carbocycles. The maximum atomic E-state index is 12.0. The van der Waals surface area contributed by atoms with Crippen molar-refractivity contribution in [2.24, 2.45) is 112 Å². The number of ether oxygens (including phenoxy) is 1. The van der Waals surface area contributed by atoms with E-state index >= 15 is 0 Å². The van der Waals surface area contributed by atoms with Gasteiger partial charge in [0.05, 0.1) is 30.8 Å². The number of amides is 1. The molecule has 2 aromatic rings. The van der Waals surface area contributed by atoms with E-state index in [2.05, 4.69) is 40.1 Å². The van der Waals surface area contributed by atoms with Gasteiger partial charge in [-0.2, -0.15) is 8.42 Å². The molecule has 20 nitrogen and oxygen atoms in total. The first kappa shape index (κ1) is 108. The quantitative estimate of drug-likeness (QED) is 0.0189. The van der Waals surface area contributed by atoms with Crippen LogP contribution in [-0.2, 0) is 61.3 Å². The molecule has 0 aromatic heterocycles. The van der Waals surface area contributed by atoms with Crippen LogP contribution < -0.4 is 143 Å². The first-order valence-electron chi connectivity index (χ1n) is 39.2. The van der Waals surface area contributed by atoms with Crippen molar-refractivity contribution in [1.29, 1.82) is 0 Å². The van der Waals surface area contributed by atoms with Crippen molar-refractivity contribution in [2.45, 2.75) is 259 Å². The third kappa shape index (κ3) is 39.4. The summed E-state index contributed by atoms with van der Waals surface area (Å²) in [5.74, 6) is 9.80. The zero-order chi connectivity index (χ0) is 75.8. The number of rotatable bonds is 8. The maximum absolute atomic E-state index is 12.0. The molecule has 0 heterocycles. The van der Waals surface area contributed by atoms with Gasteiger partial charge in [0, 0.05) is 51.1 Å². The summed E-state index contributed by atoms with van der Waals surface area (Å²) in [5, 5.41) is 29.4. The zero-order valence-corrected chi connectivity index (χ0v) is 78.8. The fourth-order valence-corrected chi connectivity index (χ4v) is 20.9. The molecule has 1 amide bonds. The van der Waals surface area contributed by atoms with Gasteiger partial charge in [-0.3, -0.25) is 28.3 Å². The summed E-state index contributed by atoms with van der Waals surface area (Å²) in [6.07, 6.45) is 44.7. The Kier molecular flexibility index (Phi) is 56.9. The molecule has 26 heteroatoms. The number of alkyl halides is 1. The molecule has 16 aliphatic rings. The van der Waals surface area contributed by atoms with Crippen LogP contribution in [0.4, 0.5) is 4.79 Å². The number of nitrogens with two attached hydrogens (primary N) is 1. The molecular weight excluding hydrogens is 1590 g/mol. The number of aliphatic hydroxyl groups excluding tert-OH is 1. The minimum atomic E-state index is -3.44. The van der Waals surface area contributed by atoms with Gasteiger partial charge in [0.15, 0.2) is 0 Å². The number of hydrogen-bond donors (Lipinski definition) is 5. The number of nitrogens with one attached hydrogen (secondary N) is 1. The molecule has 13 unspecified atom stereocenters. The summed E-state index contributed by atoms with van der Waals surface area (Å²) in [6, 6.07) is 20.2. The molecule has 7 N–H and O–H groups in total. The normalized spacial score (nSPS) is 32.4. The number of sulfone groups is 1. The Labute approximate surface area is 775 Å². The number of fused-ring (bicyclic) bond motifs is 8. The Morgan fingerprint density at radius 1 is 0.583 bits per heavy atom. The number of carbonyl (C=O) groups is 5. The Morgan fingerprint density at radius 3 is 1.37 bits per heavy atom. The first-order chi connectivity index (χ1) is 49.3. The first-order valence-corrected chi connectivity index (χ1v) is 44.5. The van der Waals surface area contributed by atoms with E-state index in [4.69, 9.17) is 42.4 Å². The Balaban J connectivity index is -0.00000118. The van der Waals surface area contributed by atoms with E-state index in [-0.39, 0.29) is 208 Å². The van der Waals surface area contributed by atoms with Crippen LogP contribution in [0, 0.1) is 114 Å². The van der Waals surface area contributed by atoms with Gasteiger partial charge in [-0.1, -0.05) is 182 Å². The smallest absolute Gasteiger partial charge is 0.870 e. The topological polar surface area (TPSA) is 360 Å². The van der Waals surface area contributed by atoms with Crippen LogP contribution in [0.15, 0.2) is 72.8 Å². The number of aliphatic carboxylic acids is 2. The van der Waals surface area contributed by atoms with Crippen LogP contribution in [0.3, 0.4) is 0 Å². The second-order valence-corrected chi connectivity index (χ2v) is 35.8. The second kappa shape index (κ2) is 57.0. The predicted octanol–water partition coefficient (Wildman–Crippen LogP) is 9.71. The minimum absolute atomic E-state index is 0.